The number of quaternary nitrogens is 1. The molecular formula is C20H24N4O4+2. The van der Waals surface area contributed by atoms with Gasteiger partial charge in [-0.3, -0.25) is 14.5 Å². The van der Waals surface area contributed by atoms with Crippen LogP contribution in [0.2, 0.25) is 0 Å². The summed E-state index contributed by atoms with van der Waals surface area (Å²) in [6.45, 7) is 5.46. The maximum atomic E-state index is 12.6. The maximum absolute atomic E-state index is 12.6. The molecule has 1 fully saturated rings. The Hall–Kier alpha value is -3.13. The number of nitrogens with one attached hydrogen (secondary N) is 3. The molecule has 0 atom stereocenters. The van der Waals surface area contributed by atoms with Crippen LogP contribution in [0.3, 0.4) is 0 Å². The van der Waals surface area contributed by atoms with Crippen molar-refractivity contribution in [2.24, 2.45) is 0 Å². The highest BCUT2D eigenvalue weighted by molar-refractivity contribution is 6.04. The third-order valence-electron chi connectivity index (χ3n) is 5.08. The molecule has 0 aliphatic carbocycles. The number of piperazine rings is 1. The van der Waals surface area contributed by atoms with E-state index < -0.39 is 0 Å². The summed E-state index contributed by atoms with van der Waals surface area (Å²) in [5.41, 5.74) is 0.899. The third-order valence-corrected chi connectivity index (χ3v) is 5.08. The van der Waals surface area contributed by atoms with Crippen LogP contribution in [0.1, 0.15) is 17.3 Å². The molecule has 0 unspecified atom stereocenters. The van der Waals surface area contributed by atoms with Crippen LogP contribution < -0.4 is 29.6 Å². The first-order chi connectivity index (χ1) is 13.6. The number of carbonyl (C=O) groups excluding carboxylic acids is 2. The van der Waals surface area contributed by atoms with Gasteiger partial charge in [0.2, 0.25) is 6.79 Å². The van der Waals surface area contributed by atoms with Crippen molar-refractivity contribution in [1.82, 2.24) is 0 Å². The van der Waals surface area contributed by atoms with Gasteiger partial charge in [0, 0.05) is 17.7 Å². The van der Waals surface area contributed by atoms with Gasteiger partial charge in [-0.2, -0.15) is 0 Å². The number of H-pyrrole nitrogens is 1. The smallest absolute Gasteiger partial charge is 0.279 e. The molecule has 4 rings (SSSR count). The molecule has 28 heavy (non-hydrogen) atoms. The molecule has 0 radical (unpaired) electrons. The highest BCUT2D eigenvalue weighted by atomic mass is 16.7. The third kappa shape index (κ3) is 3.91. The fourth-order valence-corrected chi connectivity index (χ4v) is 3.58. The van der Waals surface area contributed by atoms with Crippen molar-refractivity contribution in [3.63, 3.8) is 0 Å². The first kappa shape index (κ1) is 18.2. The molecule has 1 aromatic carbocycles. The SMILES string of the molecule is CC(=O)c1cc2c(cc1NC(=O)C[NH+]1CCN(c3cccc[nH+]3)CC1)OCO2. The molecule has 3 heterocycles. The van der Waals surface area contributed by atoms with E-state index in [4.69, 9.17) is 9.47 Å². The number of nitrogens with zero attached hydrogens (tertiary/aromatic N) is 1. The van der Waals surface area contributed by atoms with Crippen LogP contribution >= 0.6 is 0 Å². The molecule has 8 heteroatoms. The summed E-state index contributed by atoms with van der Waals surface area (Å²) in [5, 5.41) is 2.88. The number of aromatic nitrogens is 1. The monoisotopic (exact) mass is 384 g/mol. The van der Waals surface area contributed by atoms with Gasteiger partial charge in [-0.15, -0.1) is 0 Å². The molecule has 1 saturated heterocycles. The van der Waals surface area contributed by atoms with Crippen molar-refractivity contribution in [2.75, 3.05) is 49.7 Å². The Morgan fingerprint density at radius 3 is 2.61 bits per heavy atom. The Labute approximate surface area is 163 Å². The lowest BCUT2D eigenvalue weighted by molar-refractivity contribution is -0.892. The van der Waals surface area contributed by atoms with Crippen LogP contribution in [-0.2, 0) is 4.79 Å². The average molecular weight is 384 g/mol. The Morgan fingerprint density at radius 1 is 1.18 bits per heavy atom. The number of hydrogen-bond acceptors (Lipinski definition) is 5. The second-order valence-corrected chi connectivity index (χ2v) is 7.02. The fraction of sp³-hybridized carbons (Fsp3) is 0.350. The summed E-state index contributed by atoms with van der Waals surface area (Å²) in [6.07, 6.45) is 1.92. The Bertz CT molecular complexity index is 879. The van der Waals surface area contributed by atoms with E-state index in [-0.39, 0.29) is 18.5 Å². The van der Waals surface area contributed by atoms with E-state index in [2.05, 4.69) is 21.3 Å². The number of anilines is 2. The van der Waals surface area contributed by atoms with Crippen molar-refractivity contribution in [3.8, 4) is 11.5 Å². The zero-order valence-electron chi connectivity index (χ0n) is 15.8. The molecule has 2 aromatic rings. The van der Waals surface area contributed by atoms with E-state index in [1.807, 2.05) is 18.3 Å². The highest BCUT2D eigenvalue weighted by Gasteiger charge is 2.28. The van der Waals surface area contributed by atoms with E-state index in [0.29, 0.717) is 29.3 Å². The average Bonchev–Trinajstić information content (AvgIpc) is 3.16. The van der Waals surface area contributed by atoms with Gasteiger partial charge in [-0.25, -0.2) is 4.98 Å². The van der Waals surface area contributed by atoms with E-state index in [0.717, 1.165) is 32.0 Å². The minimum Gasteiger partial charge on any atom is -0.454 e. The normalized spacial score (nSPS) is 16.1. The number of ether oxygens (including phenoxy) is 2. The number of rotatable bonds is 5. The van der Waals surface area contributed by atoms with Gasteiger partial charge in [0.25, 0.3) is 11.7 Å². The summed E-state index contributed by atoms with van der Waals surface area (Å²) in [7, 11) is 0. The molecule has 1 aromatic heterocycles. The molecule has 3 N–H and O–H groups in total. The number of aromatic amines is 1. The Balaban J connectivity index is 1.36. The van der Waals surface area contributed by atoms with Gasteiger partial charge in [-0.05, 0) is 19.1 Å². The van der Waals surface area contributed by atoms with Crippen LogP contribution in [-0.4, -0.2) is 51.2 Å². The van der Waals surface area contributed by atoms with E-state index >= 15 is 0 Å². The first-order valence-electron chi connectivity index (χ1n) is 9.40. The minimum absolute atomic E-state index is 0.115. The predicted molar refractivity (Wildman–Crippen MR) is 102 cm³/mol. The number of carbonyl (C=O) groups is 2. The topological polar surface area (TPSA) is 86.5 Å². The van der Waals surface area contributed by atoms with Crippen molar-refractivity contribution in [1.29, 1.82) is 0 Å². The van der Waals surface area contributed by atoms with Crippen molar-refractivity contribution >= 4 is 23.2 Å². The second-order valence-electron chi connectivity index (χ2n) is 7.02. The minimum atomic E-state index is -0.131. The zero-order chi connectivity index (χ0) is 19.5. The van der Waals surface area contributed by atoms with Crippen LogP contribution in [0.4, 0.5) is 11.5 Å². The van der Waals surface area contributed by atoms with E-state index in [1.165, 1.54) is 11.8 Å². The number of hydrogen-bond donors (Lipinski definition) is 2. The van der Waals surface area contributed by atoms with Gasteiger partial charge in [-0.1, -0.05) is 6.07 Å². The van der Waals surface area contributed by atoms with E-state index in [9.17, 15) is 9.59 Å². The standard InChI is InChI=1S/C20H22N4O4/c1-14(25)15-10-17-18(28-13-27-17)11-16(15)22-20(26)12-23-6-8-24(9-7-23)19-4-2-3-5-21-19/h2-5,10-11H,6-9,12-13H2,1H3,(H,22,26)/p+2. The summed E-state index contributed by atoms with van der Waals surface area (Å²) < 4.78 is 10.7. The van der Waals surface area contributed by atoms with Crippen LogP contribution in [0.25, 0.3) is 0 Å². The molecule has 1 amide bonds. The molecule has 2 aliphatic heterocycles. The number of benzene rings is 1. The molecule has 0 spiro atoms. The molecule has 0 saturated carbocycles. The predicted octanol–water partition coefficient (Wildman–Crippen LogP) is -0.224. The Morgan fingerprint density at radius 2 is 1.93 bits per heavy atom. The van der Waals surface area contributed by atoms with Crippen molar-refractivity contribution < 1.29 is 28.9 Å². The quantitative estimate of drug-likeness (QED) is 0.696. The summed E-state index contributed by atoms with van der Waals surface area (Å²) >= 11 is 0. The number of ketones is 1. The second kappa shape index (κ2) is 7.85. The highest BCUT2D eigenvalue weighted by Crippen LogP contribution is 2.37. The van der Waals surface area contributed by atoms with Crippen LogP contribution in [0.15, 0.2) is 36.5 Å². The number of pyridine rings is 1. The lowest BCUT2D eigenvalue weighted by Crippen LogP contribution is -3.15. The zero-order valence-corrected chi connectivity index (χ0v) is 15.8. The van der Waals surface area contributed by atoms with Gasteiger partial charge >= 0.3 is 0 Å². The lowest BCUT2D eigenvalue weighted by Gasteiger charge is -2.27. The summed E-state index contributed by atoms with van der Waals surface area (Å²) in [5.74, 6) is 1.92. The van der Waals surface area contributed by atoms with E-state index in [1.54, 1.807) is 12.1 Å². The summed E-state index contributed by atoms with van der Waals surface area (Å²) in [4.78, 5) is 31.3. The van der Waals surface area contributed by atoms with Crippen LogP contribution in [0.5, 0.6) is 11.5 Å². The molecular weight excluding hydrogens is 360 g/mol. The maximum Gasteiger partial charge on any atom is 0.279 e. The van der Waals surface area contributed by atoms with Crippen LogP contribution in [0, 0.1) is 0 Å². The number of amides is 1. The number of fused-ring (bicyclic) bond motifs is 1. The van der Waals surface area contributed by atoms with Gasteiger partial charge in [0.15, 0.2) is 23.8 Å². The molecule has 8 nitrogen and oxygen atoms in total. The van der Waals surface area contributed by atoms with Crippen molar-refractivity contribution in [2.45, 2.75) is 6.92 Å². The fourth-order valence-electron chi connectivity index (χ4n) is 3.58. The largest absolute Gasteiger partial charge is 0.454 e. The van der Waals surface area contributed by atoms with Crippen molar-refractivity contribution in [3.05, 3.63) is 42.1 Å². The summed E-state index contributed by atoms with van der Waals surface area (Å²) in [6, 6.07) is 9.32. The van der Waals surface area contributed by atoms with Gasteiger partial charge < -0.3 is 19.7 Å². The molecule has 146 valence electrons. The first-order valence-corrected chi connectivity index (χ1v) is 9.40. The van der Waals surface area contributed by atoms with Gasteiger partial charge in [0.1, 0.15) is 26.2 Å². The lowest BCUT2D eigenvalue weighted by atomic mass is 10.1. The Kier molecular flexibility index (Phi) is 5.12. The molecule has 2 aliphatic rings. The van der Waals surface area contributed by atoms with Gasteiger partial charge in [0.05, 0.1) is 11.9 Å². The molecule has 0 bridgehead atoms. The number of Topliss-reactive ketones (excluding diaryl/α,β-unsaturated/α-hetero) is 1.